The Kier molecular flexibility index (Phi) is 22.6. The third-order valence-corrected chi connectivity index (χ3v) is 8.69. The first-order valence-corrected chi connectivity index (χ1v) is 20.3. The first-order chi connectivity index (χ1) is 32.1. The molecular weight excluding hydrogens is 885 g/mol. The van der Waals surface area contributed by atoms with Gasteiger partial charge < -0.3 is 25.6 Å². The molecule has 0 spiro atoms. The number of nitrogens with one attached hydrogen (secondary N) is 1. The molecule has 5 rings (SSSR count). The minimum absolute atomic E-state index is 0. The topological polar surface area (TPSA) is 262 Å². The van der Waals surface area contributed by atoms with Crippen molar-refractivity contribution in [2.24, 2.45) is 49.5 Å². The number of anilines is 3. The number of fused-ring (bicyclic) bond motifs is 1. The van der Waals surface area contributed by atoms with Gasteiger partial charge >= 0.3 is 0 Å². The van der Waals surface area contributed by atoms with Crippen LogP contribution >= 0.6 is 12.9 Å². The molecular formula is C42H52N18O4S2. The van der Waals surface area contributed by atoms with E-state index in [2.05, 4.69) is 221 Å². The predicted molar refractivity (Wildman–Crippen MR) is 267 cm³/mol. The van der Waals surface area contributed by atoms with Gasteiger partial charge in [0, 0.05) is 87.9 Å². The van der Waals surface area contributed by atoms with Crippen LogP contribution in [0.15, 0.2) is 85.6 Å². The Morgan fingerprint density at radius 2 is 1.45 bits per heavy atom. The van der Waals surface area contributed by atoms with E-state index in [-0.39, 0.29) is 19.3 Å². The van der Waals surface area contributed by atoms with Crippen LogP contribution in [0.5, 0.6) is 0 Å². The van der Waals surface area contributed by atoms with Crippen molar-refractivity contribution in [2.45, 2.75) is 13.5 Å². The molecule has 0 aliphatic carbocycles. The van der Waals surface area contributed by atoms with Gasteiger partial charge in [-0.25, -0.2) is 18.1 Å². The molecule has 346 valence electrons. The third-order valence-electron chi connectivity index (χ3n) is 7.25. The Morgan fingerprint density at radius 1 is 0.864 bits per heavy atom. The van der Waals surface area contributed by atoms with Crippen molar-refractivity contribution in [1.82, 2.24) is 33.8 Å². The number of hydrogen-bond donors (Lipinski definition) is 3. The zero-order valence-corrected chi connectivity index (χ0v) is 36.7. The molecule has 0 radical (unpaired) electrons. The highest BCUT2D eigenvalue weighted by atomic mass is 32.2. The van der Waals surface area contributed by atoms with Gasteiger partial charge in [0.2, 0.25) is 26.4 Å². The Morgan fingerprint density at radius 3 is 2.00 bits per heavy atom. The van der Waals surface area contributed by atoms with E-state index < -0.39 is 10.0 Å². The fourth-order valence-electron chi connectivity index (χ4n) is 4.67. The molecule has 3 N–H and O–H groups in total. The minimum Gasteiger partial charge on any atom is -0.394 e. The molecule has 66 heavy (non-hydrogen) atoms. The second-order valence-corrected chi connectivity index (χ2v) is 13.8. The first-order valence-electron chi connectivity index (χ1n) is 18.1. The number of aryl methyl sites for hydroxylation is 1. The average molecular weight is 937 g/mol. The Bertz CT molecular complexity index is 3260. The van der Waals surface area contributed by atoms with Gasteiger partial charge in [-0.3, -0.25) is 4.68 Å². The number of aromatic nitrogens is 6. The first kappa shape index (κ1) is 50.6. The van der Waals surface area contributed by atoms with E-state index in [0.29, 0.717) is 38.7 Å². The number of rotatable bonds is 10. The zero-order chi connectivity index (χ0) is 47.7. The van der Waals surface area contributed by atoms with Gasteiger partial charge in [0.1, 0.15) is 5.22 Å². The molecule has 4 heterocycles. The number of thiol groups is 1. The molecule has 4 aromatic rings. The Labute approximate surface area is 400 Å². The fraction of sp³-hybridized carbons (Fsp3) is 0.190. The van der Waals surface area contributed by atoms with Gasteiger partial charge in [0.25, 0.3) is 0 Å². The molecule has 0 amide bonds. The minimum atomic E-state index is -3.14. The molecule has 0 saturated carbocycles. The molecule has 1 fully saturated rings. The zero-order valence-electron chi connectivity index (χ0n) is 35.0. The summed E-state index contributed by atoms with van der Waals surface area (Å²) in [4.78, 5) is 11.2. The molecule has 1 aromatic carbocycles. The van der Waals surface area contributed by atoms with E-state index in [1.807, 2.05) is 24.0 Å². The van der Waals surface area contributed by atoms with Crippen molar-refractivity contribution in [1.29, 1.82) is 0 Å². The number of hydrogen-bond acceptors (Lipinski definition) is 12. The summed E-state index contributed by atoms with van der Waals surface area (Å²) in [6.07, 6.45) is 13.2. The SMILES string of the molecule is C#CC#CC#CC#CC#CC#CC#CC#CC#CC#CC.Cn1cc(Nc2ncc3cnn(Cc4cccc(N5CCN(S(C)(=O)=O)CC5)c4)c3n2)cn1.NN=NN=NN=NN=[N+]([O-])OS.[HH].[HH].[HH].[HH].[HH].[HH].[HH].[HH].[HH].[HH]. The summed E-state index contributed by atoms with van der Waals surface area (Å²) >= 11 is 3.09. The van der Waals surface area contributed by atoms with Crippen LogP contribution in [0, 0.1) is 124 Å². The lowest BCUT2D eigenvalue weighted by Crippen LogP contribution is -2.48. The van der Waals surface area contributed by atoms with Gasteiger partial charge in [-0.2, -0.15) is 19.5 Å². The quantitative estimate of drug-likeness (QED) is 0.0461. The lowest BCUT2D eigenvalue weighted by Gasteiger charge is -2.34. The maximum absolute atomic E-state index is 11.8. The van der Waals surface area contributed by atoms with E-state index in [1.165, 1.54) is 10.6 Å². The largest absolute Gasteiger partial charge is 0.394 e. The second kappa shape index (κ2) is 29.5. The highest BCUT2D eigenvalue weighted by molar-refractivity contribution is 7.88. The standard InChI is InChI=1S/C21H25N9O2S.C21H4.H3N9O2S.10H2/c1-27-15-18(13-23-27)25-21-22-11-17-12-24-30(20(17)26-21)14-16-4-3-5-19(10-16)28-6-8-29(9-7-28)33(2,31)32;1-3-5-7-9-11-13-15-17-19-21-20-18-16-14-12-10-8-6-4-2;1-2-3-4-5-6-7-8-9(10)11-12;;;;;;;;;;/h3-5,10-13,15H,6-9,14H2,1-2H3,(H,22,25,26);1H,2H3;12H,(H2,1,3,5,7);10*1H. The summed E-state index contributed by atoms with van der Waals surface area (Å²) in [5.74, 6) is 51.9. The number of terminal acetylenes is 1. The Balaban J connectivity index is -0.000000158. The van der Waals surface area contributed by atoms with E-state index in [0.717, 1.165) is 28.0 Å². The van der Waals surface area contributed by atoms with Crippen LogP contribution in [0.4, 0.5) is 17.3 Å². The van der Waals surface area contributed by atoms with Crippen molar-refractivity contribution >= 4 is 51.3 Å². The van der Waals surface area contributed by atoms with Gasteiger partial charge in [0.05, 0.1) is 41.3 Å². The maximum atomic E-state index is 11.8. The third kappa shape index (κ3) is 20.2. The summed E-state index contributed by atoms with van der Waals surface area (Å²) in [5, 5.41) is 42.1. The molecule has 1 saturated heterocycles. The van der Waals surface area contributed by atoms with Crippen molar-refractivity contribution in [2.75, 3.05) is 42.7 Å². The predicted octanol–water partition coefficient (Wildman–Crippen LogP) is 5.26. The highest BCUT2D eigenvalue weighted by Gasteiger charge is 2.23. The van der Waals surface area contributed by atoms with Crippen LogP contribution in [-0.4, -0.2) is 79.7 Å². The lowest BCUT2D eigenvalue weighted by atomic mass is 10.1. The molecule has 0 unspecified atom stereocenters. The number of nitrogens with zero attached hydrogens (tertiary/aromatic N) is 16. The van der Waals surface area contributed by atoms with Gasteiger partial charge in [0.15, 0.2) is 5.65 Å². The van der Waals surface area contributed by atoms with Gasteiger partial charge in [-0.1, -0.05) is 36.2 Å². The highest BCUT2D eigenvalue weighted by Crippen LogP contribution is 2.21. The number of benzene rings is 1. The molecule has 3 aromatic heterocycles. The van der Waals surface area contributed by atoms with E-state index in [4.69, 9.17) is 6.42 Å². The summed E-state index contributed by atoms with van der Waals surface area (Å²) in [5.41, 5.74) is 3.71. The van der Waals surface area contributed by atoms with Crippen LogP contribution in [0.3, 0.4) is 0 Å². The van der Waals surface area contributed by atoms with Crippen molar-refractivity contribution in [3.8, 4) is 119 Å². The van der Waals surface area contributed by atoms with Gasteiger partial charge in [-0.05, 0) is 125 Å². The van der Waals surface area contributed by atoms with Crippen molar-refractivity contribution < 1.29 is 32.0 Å². The summed E-state index contributed by atoms with van der Waals surface area (Å²) in [6, 6.07) is 8.25. The summed E-state index contributed by atoms with van der Waals surface area (Å²) < 4.78 is 32.3. The number of sulfonamides is 1. The lowest BCUT2D eigenvalue weighted by molar-refractivity contribution is -0.744. The van der Waals surface area contributed by atoms with E-state index in [1.54, 1.807) is 30.2 Å². The fourth-order valence-corrected chi connectivity index (χ4v) is 5.53. The van der Waals surface area contributed by atoms with Gasteiger partial charge in [-0.15, -0.1) is 6.42 Å². The molecule has 24 heteroatoms. The van der Waals surface area contributed by atoms with E-state index >= 15 is 0 Å². The number of piperazine rings is 1. The molecule has 1 aliphatic heterocycles. The monoisotopic (exact) mass is 936 g/mol. The number of nitrogens with two attached hydrogens (primary N) is 1. The summed E-state index contributed by atoms with van der Waals surface area (Å²) in [6.45, 7) is 4.58. The Hall–Kier alpha value is -9.76. The van der Waals surface area contributed by atoms with Crippen molar-refractivity contribution in [3.05, 3.63) is 59.8 Å². The maximum Gasteiger partial charge on any atom is 0.230 e. The van der Waals surface area contributed by atoms with E-state index in [9.17, 15) is 13.6 Å². The van der Waals surface area contributed by atoms with Crippen LogP contribution in [-0.2, 0) is 27.9 Å². The van der Waals surface area contributed by atoms with Crippen LogP contribution in [0.1, 0.15) is 26.8 Å². The van der Waals surface area contributed by atoms with Crippen molar-refractivity contribution in [3.63, 3.8) is 0 Å². The van der Waals surface area contributed by atoms with Crippen LogP contribution in [0.25, 0.3) is 11.0 Å². The molecule has 22 nitrogen and oxygen atoms in total. The molecule has 1 aliphatic rings. The van der Waals surface area contributed by atoms with Crippen LogP contribution in [0.2, 0.25) is 0 Å². The second-order valence-electron chi connectivity index (χ2n) is 11.6. The smallest absolute Gasteiger partial charge is 0.230 e. The van der Waals surface area contributed by atoms with Crippen LogP contribution < -0.4 is 16.1 Å². The average Bonchev–Trinajstić information content (AvgIpc) is 3.92. The normalized spacial score (nSPS) is 11.3. The molecule has 0 atom stereocenters. The molecule has 0 bridgehead atoms. The summed E-state index contributed by atoms with van der Waals surface area (Å²) in [7, 11) is -1.29.